The fourth-order valence-corrected chi connectivity index (χ4v) is 2.24. The molecule has 0 fully saturated rings. The second-order valence-corrected chi connectivity index (χ2v) is 4.48. The molecule has 0 aromatic heterocycles. The van der Waals surface area contributed by atoms with Crippen LogP contribution < -0.4 is 0 Å². The van der Waals surface area contributed by atoms with Crippen LogP contribution in [0.15, 0.2) is 47.6 Å². The monoisotopic (exact) mass is 242 g/mol. The van der Waals surface area contributed by atoms with E-state index >= 15 is 0 Å². The third-order valence-electron chi connectivity index (χ3n) is 3.24. The first kappa shape index (κ1) is 12.6. The van der Waals surface area contributed by atoms with Crippen molar-refractivity contribution >= 4 is 12.0 Å². The molecule has 0 spiro atoms. The Morgan fingerprint density at radius 2 is 2.00 bits per heavy atom. The maximum atomic E-state index is 11.3. The lowest BCUT2D eigenvalue weighted by Crippen LogP contribution is -2.01. The van der Waals surface area contributed by atoms with Crippen molar-refractivity contribution in [3.05, 3.63) is 53.1 Å². The van der Waals surface area contributed by atoms with E-state index in [1.54, 1.807) is 0 Å². The predicted octanol–water partition coefficient (Wildman–Crippen LogP) is 3.74. The van der Waals surface area contributed by atoms with Crippen LogP contribution in [0.5, 0.6) is 0 Å². The van der Waals surface area contributed by atoms with Crippen LogP contribution in [0.3, 0.4) is 0 Å². The van der Waals surface area contributed by atoms with Crippen LogP contribution in [-0.4, -0.2) is 13.1 Å². The van der Waals surface area contributed by atoms with Gasteiger partial charge in [-0.2, -0.15) is 0 Å². The van der Waals surface area contributed by atoms with Gasteiger partial charge in [0.2, 0.25) is 0 Å². The summed E-state index contributed by atoms with van der Waals surface area (Å²) in [6.07, 6.45) is 7.91. The molecule has 18 heavy (non-hydrogen) atoms. The Bertz CT molecular complexity index is 469. The highest BCUT2D eigenvalue weighted by molar-refractivity contribution is 5.73. The largest absolute Gasteiger partial charge is 0.469 e. The first-order chi connectivity index (χ1) is 8.79. The molecule has 0 saturated heterocycles. The van der Waals surface area contributed by atoms with E-state index in [-0.39, 0.29) is 5.97 Å². The fourth-order valence-electron chi connectivity index (χ4n) is 2.24. The van der Waals surface area contributed by atoms with E-state index in [0.29, 0.717) is 6.42 Å². The number of carbonyl (C=O) groups excluding carboxylic acids is 1. The molecule has 0 atom stereocenters. The first-order valence-corrected chi connectivity index (χ1v) is 6.30. The van der Waals surface area contributed by atoms with Crippen LogP contribution in [0.2, 0.25) is 0 Å². The molecule has 0 N–H and O–H groups in total. The van der Waals surface area contributed by atoms with Gasteiger partial charge in [0.1, 0.15) is 0 Å². The van der Waals surface area contributed by atoms with Gasteiger partial charge in [-0.25, -0.2) is 0 Å². The molecule has 0 saturated carbocycles. The maximum Gasteiger partial charge on any atom is 0.309 e. The Hall–Kier alpha value is -1.83. The summed E-state index contributed by atoms with van der Waals surface area (Å²) < 4.78 is 4.73. The normalized spacial score (nSPS) is 15.4. The average Bonchev–Trinajstić information content (AvgIpc) is 2.84. The molecule has 0 unspecified atom stereocenters. The lowest BCUT2D eigenvalue weighted by molar-refractivity contribution is -0.139. The summed E-state index contributed by atoms with van der Waals surface area (Å²) >= 11 is 0. The Balaban J connectivity index is 2.09. The minimum absolute atomic E-state index is 0.141. The van der Waals surface area contributed by atoms with Gasteiger partial charge in [0.15, 0.2) is 0 Å². The van der Waals surface area contributed by atoms with Crippen LogP contribution in [0.1, 0.15) is 31.2 Å². The molecular formula is C16H18O2. The molecule has 1 aliphatic carbocycles. The van der Waals surface area contributed by atoms with Crippen molar-refractivity contribution in [2.24, 2.45) is 0 Å². The SMILES string of the molecule is COC(=O)CC1=C(/C=C/c2ccccc2)CCC1. The number of methoxy groups -OCH3 is 1. The summed E-state index contributed by atoms with van der Waals surface area (Å²) in [5.74, 6) is -0.141. The van der Waals surface area contributed by atoms with Gasteiger partial charge in [-0.3, -0.25) is 4.79 Å². The van der Waals surface area contributed by atoms with Crippen molar-refractivity contribution < 1.29 is 9.53 Å². The first-order valence-electron chi connectivity index (χ1n) is 6.30. The van der Waals surface area contributed by atoms with Crippen LogP contribution in [-0.2, 0) is 9.53 Å². The number of esters is 1. The molecule has 0 radical (unpaired) electrons. The van der Waals surface area contributed by atoms with Crippen molar-refractivity contribution in [1.82, 2.24) is 0 Å². The lowest BCUT2D eigenvalue weighted by atomic mass is 10.1. The third kappa shape index (κ3) is 3.33. The molecule has 2 heteroatoms. The summed E-state index contributed by atoms with van der Waals surface area (Å²) in [5.41, 5.74) is 3.72. The molecule has 2 rings (SSSR count). The Morgan fingerprint density at radius 1 is 1.22 bits per heavy atom. The zero-order valence-electron chi connectivity index (χ0n) is 10.7. The van der Waals surface area contributed by atoms with Crippen molar-refractivity contribution in [2.75, 3.05) is 7.11 Å². The van der Waals surface area contributed by atoms with Crippen molar-refractivity contribution in [3.8, 4) is 0 Å². The molecule has 94 valence electrons. The van der Waals surface area contributed by atoms with E-state index in [2.05, 4.69) is 24.3 Å². The highest BCUT2D eigenvalue weighted by Crippen LogP contribution is 2.29. The zero-order chi connectivity index (χ0) is 12.8. The van der Waals surface area contributed by atoms with Crippen molar-refractivity contribution in [1.29, 1.82) is 0 Å². The maximum absolute atomic E-state index is 11.3. The zero-order valence-corrected chi connectivity index (χ0v) is 10.7. The number of rotatable bonds is 4. The Labute approximate surface area is 108 Å². The fraction of sp³-hybridized carbons (Fsp3) is 0.312. The minimum atomic E-state index is -0.141. The van der Waals surface area contributed by atoms with E-state index in [4.69, 9.17) is 4.74 Å². The molecule has 1 aromatic rings. The van der Waals surface area contributed by atoms with Gasteiger partial charge >= 0.3 is 5.97 Å². The van der Waals surface area contributed by atoms with Gasteiger partial charge in [0, 0.05) is 0 Å². The summed E-state index contributed by atoms with van der Waals surface area (Å²) in [4.78, 5) is 11.3. The highest BCUT2D eigenvalue weighted by Gasteiger charge is 2.15. The molecule has 1 aromatic carbocycles. The second kappa shape index (κ2) is 6.20. The van der Waals surface area contributed by atoms with Gasteiger partial charge in [0.05, 0.1) is 13.5 Å². The summed E-state index contributed by atoms with van der Waals surface area (Å²) in [5, 5.41) is 0. The molecular weight excluding hydrogens is 224 g/mol. The van der Waals surface area contributed by atoms with Crippen molar-refractivity contribution in [2.45, 2.75) is 25.7 Å². The van der Waals surface area contributed by atoms with E-state index in [1.165, 1.54) is 23.8 Å². The Morgan fingerprint density at radius 3 is 2.72 bits per heavy atom. The van der Waals surface area contributed by atoms with Crippen LogP contribution in [0.4, 0.5) is 0 Å². The Kier molecular flexibility index (Phi) is 4.35. The second-order valence-electron chi connectivity index (χ2n) is 4.48. The van der Waals surface area contributed by atoms with Gasteiger partial charge in [-0.05, 0) is 30.4 Å². The molecule has 2 nitrogen and oxygen atoms in total. The summed E-state index contributed by atoms with van der Waals surface area (Å²) in [7, 11) is 1.44. The molecule has 0 aliphatic heterocycles. The quantitative estimate of drug-likeness (QED) is 0.752. The van der Waals surface area contributed by atoms with Gasteiger partial charge in [-0.1, -0.05) is 48.1 Å². The van der Waals surface area contributed by atoms with Gasteiger partial charge in [-0.15, -0.1) is 0 Å². The molecule has 1 aliphatic rings. The van der Waals surface area contributed by atoms with Crippen LogP contribution in [0.25, 0.3) is 6.08 Å². The van der Waals surface area contributed by atoms with Crippen molar-refractivity contribution in [3.63, 3.8) is 0 Å². The van der Waals surface area contributed by atoms with Crippen LogP contribution >= 0.6 is 0 Å². The molecule has 0 bridgehead atoms. The molecule has 0 amide bonds. The average molecular weight is 242 g/mol. The lowest BCUT2D eigenvalue weighted by Gasteiger charge is -2.02. The third-order valence-corrected chi connectivity index (χ3v) is 3.24. The standard InChI is InChI=1S/C16H18O2/c1-18-16(17)12-15-9-5-8-14(15)11-10-13-6-3-2-4-7-13/h2-4,6-7,10-11H,5,8-9,12H2,1H3/b11-10+. The number of hydrogen-bond donors (Lipinski definition) is 0. The number of benzene rings is 1. The smallest absolute Gasteiger partial charge is 0.309 e. The predicted molar refractivity (Wildman–Crippen MR) is 73.0 cm³/mol. The summed E-state index contributed by atoms with van der Waals surface area (Å²) in [6.45, 7) is 0. The van der Waals surface area contributed by atoms with E-state index < -0.39 is 0 Å². The van der Waals surface area contributed by atoms with E-state index in [1.807, 2.05) is 18.2 Å². The summed E-state index contributed by atoms with van der Waals surface area (Å²) in [6, 6.07) is 10.2. The number of hydrogen-bond acceptors (Lipinski definition) is 2. The highest BCUT2D eigenvalue weighted by atomic mass is 16.5. The topological polar surface area (TPSA) is 26.3 Å². The number of carbonyl (C=O) groups is 1. The van der Waals surface area contributed by atoms with E-state index in [0.717, 1.165) is 19.3 Å². The van der Waals surface area contributed by atoms with E-state index in [9.17, 15) is 4.79 Å². The van der Waals surface area contributed by atoms with Gasteiger partial charge < -0.3 is 4.74 Å². The molecule has 0 heterocycles. The number of allylic oxidation sites excluding steroid dienone is 2. The van der Waals surface area contributed by atoms with Crippen LogP contribution in [0, 0.1) is 0 Å². The number of ether oxygens (including phenoxy) is 1. The van der Waals surface area contributed by atoms with Gasteiger partial charge in [0.25, 0.3) is 0 Å². The minimum Gasteiger partial charge on any atom is -0.469 e.